The molecule has 4 rings (SSSR count). The molecule has 0 saturated carbocycles. The molecule has 0 bridgehead atoms. The van der Waals surface area contributed by atoms with Gasteiger partial charge < -0.3 is 8.60 Å². The molecule has 0 atom stereocenters. The number of carbonyl (C=O) groups excluding carboxylic acids is 1. The minimum Gasteiger partial charge on any atom is -0.431 e. The second kappa shape index (κ2) is 9.67. The van der Waals surface area contributed by atoms with Gasteiger partial charge in [0.25, 0.3) is 11.1 Å². The van der Waals surface area contributed by atoms with E-state index in [1.807, 2.05) is 18.2 Å². The fraction of sp³-hybridized carbons (Fsp3) is 0.0455. The Bertz CT molecular complexity index is 1340. The average Bonchev–Trinajstić information content (AvgIpc) is 3.21. The summed E-state index contributed by atoms with van der Waals surface area (Å²) in [6.45, 7) is 0. The lowest BCUT2D eigenvalue weighted by molar-refractivity contribution is -0.118. The van der Waals surface area contributed by atoms with Crippen LogP contribution in [0.5, 0.6) is 5.75 Å². The van der Waals surface area contributed by atoms with Crippen LogP contribution in [0, 0.1) is 0 Å². The Balaban J connectivity index is 1.32. The van der Waals surface area contributed by atoms with Crippen molar-refractivity contribution in [3.05, 3.63) is 84.4 Å². The summed E-state index contributed by atoms with van der Waals surface area (Å²) in [5.74, 6) is -0.133. The molecule has 10 heteroatoms. The van der Waals surface area contributed by atoms with Crippen LogP contribution < -0.4 is 9.61 Å². The molecule has 32 heavy (non-hydrogen) atoms. The molecule has 0 radical (unpaired) electrons. The number of oxazole rings is 1. The van der Waals surface area contributed by atoms with Crippen molar-refractivity contribution in [2.75, 3.05) is 5.75 Å². The van der Waals surface area contributed by atoms with Crippen LogP contribution in [0.15, 0.2) is 98.5 Å². The smallest absolute Gasteiger partial charge is 0.339 e. The molecule has 0 aliphatic carbocycles. The molecule has 162 valence electrons. The maximum atomic E-state index is 12.3. The molecule has 4 aromatic rings. The lowest BCUT2D eigenvalue weighted by Gasteiger charge is -2.07. The van der Waals surface area contributed by atoms with Crippen molar-refractivity contribution in [1.82, 2.24) is 10.4 Å². The minimum absolute atomic E-state index is 0.0581. The van der Waals surface area contributed by atoms with Gasteiger partial charge in [-0.05, 0) is 42.0 Å². The lowest BCUT2D eigenvalue weighted by Crippen LogP contribution is -2.19. The molecule has 0 aliphatic rings. The monoisotopic (exact) mass is 467 g/mol. The number of nitrogens with zero attached hydrogens (tertiary/aromatic N) is 2. The van der Waals surface area contributed by atoms with Crippen molar-refractivity contribution >= 4 is 45.1 Å². The normalized spacial score (nSPS) is 11.6. The number of aromatic nitrogens is 1. The molecule has 0 unspecified atom stereocenters. The van der Waals surface area contributed by atoms with Gasteiger partial charge in [-0.25, -0.2) is 10.4 Å². The zero-order valence-electron chi connectivity index (χ0n) is 16.5. The van der Waals surface area contributed by atoms with Crippen LogP contribution in [0.25, 0.3) is 11.1 Å². The number of benzene rings is 3. The summed E-state index contributed by atoms with van der Waals surface area (Å²) in [4.78, 5) is 16.4. The molecule has 0 saturated heterocycles. The average molecular weight is 468 g/mol. The van der Waals surface area contributed by atoms with Gasteiger partial charge in [0, 0.05) is 0 Å². The summed E-state index contributed by atoms with van der Waals surface area (Å²) < 4.78 is 35.4. The molecule has 8 nitrogen and oxygen atoms in total. The van der Waals surface area contributed by atoms with Crippen molar-refractivity contribution in [2.24, 2.45) is 5.10 Å². The summed E-state index contributed by atoms with van der Waals surface area (Å²) in [5.41, 5.74) is 4.35. The predicted octanol–water partition coefficient (Wildman–Crippen LogP) is 3.84. The molecule has 1 heterocycles. The zero-order valence-corrected chi connectivity index (χ0v) is 18.2. The summed E-state index contributed by atoms with van der Waals surface area (Å²) in [5, 5.41) is 4.30. The topological polar surface area (TPSA) is 111 Å². The van der Waals surface area contributed by atoms with Crippen molar-refractivity contribution in [1.29, 1.82) is 0 Å². The van der Waals surface area contributed by atoms with Gasteiger partial charge >= 0.3 is 10.1 Å². The van der Waals surface area contributed by atoms with Gasteiger partial charge in [-0.3, -0.25) is 4.79 Å². The van der Waals surface area contributed by atoms with Crippen LogP contribution in [0.1, 0.15) is 5.56 Å². The first-order chi connectivity index (χ1) is 15.5. The van der Waals surface area contributed by atoms with E-state index >= 15 is 0 Å². The Hall–Kier alpha value is -3.63. The van der Waals surface area contributed by atoms with E-state index in [-0.39, 0.29) is 22.3 Å². The Labute approximate surface area is 188 Å². The van der Waals surface area contributed by atoms with Crippen LogP contribution in [0.4, 0.5) is 0 Å². The minimum atomic E-state index is -3.94. The van der Waals surface area contributed by atoms with Crippen LogP contribution in [-0.4, -0.2) is 31.3 Å². The summed E-state index contributed by atoms with van der Waals surface area (Å²) in [7, 11) is -3.94. The van der Waals surface area contributed by atoms with Crippen LogP contribution in [0.2, 0.25) is 0 Å². The molecule has 1 amide bonds. The molecule has 0 aliphatic heterocycles. The van der Waals surface area contributed by atoms with E-state index in [1.165, 1.54) is 30.5 Å². The fourth-order valence-electron chi connectivity index (χ4n) is 2.66. The number of hydrogen-bond acceptors (Lipinski definition) is 8. The van der Waals surface area contributed by atoms with E-state index < -0.39 is 10.1 Å². The maximum Gasteiger partial charge on any atom is 0.339 e. The van der Waals surface area contributed by atoms with Crippen LogP contribution in [-0.2, 0) is 14.9 Å². The standard InChI is InChI=1S/C22H17N3O5S2/c26-21(15-31-22-24-19-11-4-5-12-20(19)29-22)25-23-14-16-7-6-8-17(13-16)30-32(27,28)18-9-2-1-3-10-18/h1-14H,15H2,(H,25,26)/b23-14-. The third-order valence-electron chi connectivity index (χ3n) is 4.10. The molecule has 0 spiro atoms. The fourth-order valence-corrected chi connectivity index (χ4v) is 4.23. The molecular weight excluding hydrogens is 450 g/mol. The third-order valence-corrected chi connectivity index (χ3v) is 6.19. The van der Waals surface area contributed by atoms with E-state index in [0.717, 1.165) is 17.3 Å². The van der Waals surface area contributed by atoms with Gasteiger partial charge in [-0.2, -0.15) is 13.5 Å². The molecule has 3 aromatic carbocycles. The number of nitrogens with one attached hydrogen (secondary N) is 1. The van der Waals surface area contributed by atoms with Crippen molar-refractivity contribution in [2.45, 2.75) is 10.1 Å². The molecule has 1 aromatic heterocycles. The number of amides is 1. The SMILES string of the molecule is O=C(CSc1nc2ccccc2o1)N/N=C\c1cccc(OS(=O)(=O)c2ccccc2)c1. The number of rotatable bonds is 8. The van der Waals surface area contributed by atoms with Crippen LogP contribution in [0.3, 0.4) is 0 Å². The van der Waals surface area contributed by atoms with Gasteiger partial charge in [0.05, 0.1) is 12.0 Å². The highest BCUT2D eigenvalue weighted by molar-refractivity contribution is 7.99. The van der Waals surface area contributed by atoms with Crippen LogP contribution >= 0.6 is 11.8 Å². The number of hydrazone groups is 1. The Kier molecular flexibility index (Phi) is 6.52. The van der Waals surface area contributed by atoms with E-state index in [4.69, 9.17) is 8.60 Å². The number of fused-ring (bicyclic) bond motifs is 1. The van der Waals surface area contributed by atoms with Gasteiger partial charge in [0.15, 0.2) is 5.58 Å². The highest BCUT2D eigenvalue weighted by atomic mass is 32.2. The maximum absolute atomic E-state index is 12.3. The molecule has 1 N–H and O–H groups in total. The van der Waals surface area contributed by atoms with E-state index in [0.29, 0.717) is 16.4 Å². The predicted molar refractivity (Wildman–Crippen MR) is 121 cm³/mol. The quantitative estimate of drug-likeness (QED) is 0.181. The lowest BCUT2D eigenvalue weighted by atomic mass is 10.2. The van der Waals surface area contributed by atoms with E-state index in [2.05, 4.69) is 15.5 Å². The number of thioether (sulfide) groups is 1. The van der Waals surface area contributed by atoms with Gasteiger partial charge in [0.1, 0.15) is 16.2 Å². The first-order valence-electron chi connectivity index (χ1n) is 9.39. The summed E-state index contributed by atoms with van der Waals surface area (Å²) >= 11 is 1.16. The van der Waals surface area contributed by atoms with Gasteiger partial charge in [-0.1, -0.05) is 54.2 Å². The largest absolute Gasteiger partial charge is 0.431 e. The zero-order chi connectivity index (χ0) is 22.4. The number of carbonyl (C=O) groups is 1. The number of hydrogen-bond donors (Lipinski definition) is 1. The second-order valence-electron chi connectivity index (χ2n) is 6.45. The Morgan fingerprint density at radius 2 is 1.84 bits per heavy atom. The van der Waals surface area contributed by atoms with E-state index in [1.54, 1.807) is 36.4 Å². The summed E-state index contributed by atoms with van der Waals surface area (Å²) in [6.07, 6.45) is 1.39. The van der Waals surface area contributed by atoms with E-state index in [9.17, 15) is 13.2 Å². The van der Waals surface area contributed by atoms with Crippen molar-refractivity contribution in [3.8, 4) is 5.75 Å². The number of para-hydroxylation sites is 2. The van der Waals surface area contributed by atoms with Gasteiger partial charge in [0.2, 0.25) is 0 Å². The highest BCUT2D eigenvalue weighted by Crippen LogP contribution is 2.23. The molecule has 0 fully saturated rings. The Morgan fingerprint density at radius 1 is 1.06 bits per heavy atom. The van der Waals surface area contributed by atoms with Crippen molar-refractivity contribution < 1.29 is 21.8 Å². The van der Waals surface area contributed by atoms with Gasteiger partial charge in [-0.15, -0.1) is 0 Å². The van der Waals surface area contributed by atoms with Crippen molar-refractivity contribution in [3.63, 3.8) is 0 Å². The first kappa shape index (κ1) is 21.6. The highest BCUT2D eigenvalue weighted by Gasteiger charge is 2.16. The second-order valence-corrected chi connectivity index (χ2v) is 8.93. The Morgan fingerprint density at radius 3 is 2.66 bits per heavy atom. The summed E-state index contributed by atoms with van der Waals surface area (Å²) in [6, 6.07) is 21.5. The first-order valence-corrected chi connectivity index (χ1v) is 11.8. The third kappa shape index (κ3) is 5.54. The molecular formula is C22H17N3O5S2.